The highest BCUT2D eigenvalue weighted by Crippen LogP contribution is 2.02. The van der Waals surface area contributed by atoms with Crippen LogP contribution in [0.4, 0.5) is 0 Å². The zero-order valence-corrected chi connectivity index (χ0v) is 16.7. The Balaban J connectivity index is -0.0000000254. The average Bonchev–Trinajstić information content (AvgIpc) is 2.42. The van der Waals surface area contributed by atoms with E-state index in [1.165, 1.54) is 46.6 Å². The second kappa shape index (κ2) is 65.0. The van der Waals surface area contributed by atoms with E-state index in [0.29, 0.717) is 0 Å². The van der Waals surface area contributed by atoms with E-state index < -0.39 is 11.9 Å². The van der Waals surface area contributed by atoms with Crippen molar-refractivity contribution < 1.29 is 14.3 Å². The van der Waals surface area contributed by atoms with Crippen molar-refractivity contribution in [2.75, 3.05) is 7.05 Å². The highest BCUT2D eigenvalue weighted by molar-refractivity contribution is 6.75. The van der Waals surface area contributed by atoms with Gasteiger partial charge in [0.1, 0.15) is 0 Å². The third-order valence-electron chi connectivity index (χ3n) is 1.62. The molecule has 151 valence electrons. The molecule has 0 aromatic rings. The Labute approximate surface area is 169 Å². The predicted molar refractivity (Wildman–Crippen MR) is 123 cm³/mol. The van der Waals surface area contributed by atoms with E-state index in [1.54, 1.807) is 0 Å². The summed E-state index contributed by atoms with van der Waals surface area (Å²) in [5, 5.41) is 0. The summed E-state index contributed by atoms with van der Waals surface area (Å²) in [5.41, 5.74) is 4.50. The molecule has 0 aromatic carbocycles. The van der Waals surface area contributed by atoms with Gasteiger partial charge in [0.15, 0.2) is 0 Å². The average molecular weight is 366 g/mol. The lowest BCUT2D eigenvalue weighted by atomic mass is 9.81. The molecule has 2 aliphatic carbocycles. The van der Waals surface area contributed by atoms with Crippen molar-refractivity contribution in [2.45, 2.75) is 82.1 Å². The molecule has 0 unspecified atom stereocenters. The maximum atomic E-state index is 9.81. The van der Waals surface area contributed by atoms with Crippen LogP contribution < -0.4 is 5.73 Å². The molecule has 2 N–H and O–H groups in total. The molecule has 7 radical (unpaired) electrons. The van der Waals surface area contributed by atoms with Crippen molar-refractivity contribution >= 4 is 35.8 Å². The summed E-state index contributed by atoms with van der Waals surface area (Å²) in [7, 11) is 9.50. The van der Waals surface area contributed by atoms with Gasteiger partial charge >= 0.3 is 11.9 Å². The maximum absolute atomic E-state index is 9.81. The summed E-state index contributed by atoms with van der Waals surface area (Å²) >= 11 is 0. The number of nitrogens with two attached hydrogens (primary N) is 1. The van der Waals surface area contributed by atoms with Crippen molar-refractivity contribution in [3.63, 3.8) is 0 Å². The summed E-state index contributed by atoms with van der Waals surface area (Å²) in [4.78, 5) is 19.6. The molecule has 0 atom stereocenters. The van der Waals surface area contributed by atoms with Gasteiger partial charge in [0.25, 0.3) is 0 Å². The molecule has 0 saturated heterocycles. The lowest BCUT2D eigenvalue weighted by Gasteiger charge is -1.92. The molecule has 0 spiro atoms. The van der Waals surface area contributed by atoms with Crippen LogP contribution in [0.1, 0.15) is 82.1 Å². The largest absolute Gasteiger partial charge is 0.394 e. The van der Waals surface area contributed by atoms with Gasteiger partial charge in [-0.2, -0.15) is 0 Å². The van der Waals surface area contributed by atoms with Gasteiger partial charge < -0.3 is 10.5 Å². The second-order valence-electron chi connectivity index (χ2n) is 3.18. The van der Waals surface area contributed by atoms with Gasteiger partial charge in [0.05, 0.1) is 0 Å². The minimum atomic E-state index is -0.562. The molecule has 0 saturated carbocycles. The number of ether oxygens (including phenoxy) is 1. The van der Waals surface area contributed by atoms with Crippen molar-refractivity contribution in [2.24, 2.45) is 5.73 Å². The monoisotopic (exact) mass is 366 g/mol. The first kappa shape index (κ1) is 49.8. The number of esters is 2. The van der Waals surface area contributed by atoms with Crippen LogP contribution in [0.15, 0.2) is 24.3 Å². The summed E-state index contributed by atoms with van der Waals surface area (Å²) in [6.45, 7) is 10.4. The van der Waals surface area contributed by atoms with Gasteiger partial charge in [0, 0.05) is 37.7 Å². The molecule has 0 fully saturated rings. The van der Waals surface area contributed by atoms with E-state index in [0.717, 1.165) is 0 Å². The first-order valence-electron chi connectivity index (χ1n) is 8.03. The van der Waals surface area contributed by atoms with Crippen molar-refractivity contribution in [1.82, 2.24) is 0 Å². The molecule has 0 aromatic heterocycles. The van der Waals surface area contributed by atoms with E-state index in [1.807, 2.05) is 27.7 Å². The van der Waals surface area contributed by atoms with Crippen LogP contribution in [0.25, 0.3) is 0 Å². The van der Waals surface area contributed by atoms with E-state index in [4.69, 9.17) is 0 Å². The van der Waals surface area contributed by atoms with Crippen molar-refractivity contribution in [1.29, 1.82) is 0 Å². The van der Waals surface area contributed by atoms with Crippen LogP contribution in [-0.4, -0.2) is 42.9 Å². The van der Waals surface area contributed by atoms with Gasteiger partial charge in [-0.25, -0.2) is 0 Å². The van der Waals surface area contributed by atoms with E-state index in [2.05, 4.69) is 50.2 Å². The van der Waals surface area contributed by atoms with Crippen LogP contribution in [0.3, 0.4) is 0 Å². The number of hydrogen-bond donors (Lipinski definition) is 1. The lowest BCUT2D eigenvalue weighted by Crippen LogP contribution is -2.03. The molecular formula is C19H43B3NO3. The minimum Gasteiger partial charge on any atom is -0.394 e. The Morgan fingerprint density at radius 3 is 0.846 bits per heavy atom. The van der Waals surface area contributed by atoms with Gasteiger partial charge in [-0.15, -0.1) is 0 Å². The van der Waals surface area contributed by atoms with Crippen LogP contribution in [-0.2, 0) is 14.3 Å². The van der Waals surface area contributed by atoms with E-state index >= 15 is 0 Å². The van der Waals surface area contributed by atoms with Crippen molar-refractivity contribution in [3.05, 3.63) is 24.3 Å². The number of carbonyl (C=O) groups is 2. The fourth-order valence-corrected chi connectivity index (χ4v) is 0.536. The van der Waals surface area contributed by atoms with Crippen LogP contribution in [0.5, 0.6) is 0 Å². The first-order chi connectivity index (χ1) is 11.1. The lowest BCUT2D eigenvalue weighted by molar-refractivity contribution is -0.156. The maximum Gasteiger partial charge on any atom is 0.310 e. The van der Waals surface area contributed by atoms with Gasteiger partial charge in [-0.1, -0.05) is 66.9 Å². The van der Waals surface area contributed by atoms with Crippen LogP contribution in [0.2, 0.25) is 0 Å². The molecule has 0 aliphatic heterocycles. The molecule has 0 amide bonds. The number of rotatable bonds is 0. The Bertz CT molecular complexity index is 235. The Hall–Kier alpha value is -1.23. The van der Waals surface area contributed by atoms with Crippen LogP contribution >= 0.6 is 0 Å². The standard InChI is InChI=1S/C4H6O3.2C4H6.2C2H6.CH5N.2CH4.B2.B/c1-3(5)7-4(2)6;2*1-2-4-3-1;3*1-2;;;1-2;/h1-2H3;2*1-2H,3-4H2;2*1-2H3;2H2,1H3;2*1H4;;. The Morgan fingerprint density at radius 2 is 0.846 bits per heavy atom. The first-order valence-corrected chi connectivity index (χ1v) is 8.03. The summed E-state index contributed by atoms with van der Waals surface area (Å²) in [5.74, 6) is -1.12. The highest BCUT2D eigenvalue weighted by atomic mass is 16.6. The Morgan fingerprint density at radius 1 is 0.731 bits per heavy atom. The van der Waals surface area contributed by atoms with E-state index in [9.17, 15) is 9.59 Å². The highest BCUT2D eigenvalue weighted by Gasteiger charge is 1.93. The topological polar surface area (TPSA) is 69.4 Å². The zero-order chi connectivity index (χ0) is 19.5. The normalized spacial score (nSPS) is 9.08. The summed E-state index contributed by atoms with van der Waals surface area (Å²) in [6, 6.07) is 0. The number of carbonyl (C=O) groups excluding carboxylic acids is 2. The molecule has 7 heteroatoms. The summed E-state index contributed by atoms with van der Waals surface area (Å²) < 4.78 is 3.97. The summed E-state index contributed by atoms with van der Waals surface area (Å²) in [6.07, 6.45) is 14.0. The number of hydrogen-bond acceptors (Lipinski definition) is 4. The van der Waals surface area contributed by atoms with Gasteiger partial charge in [-0.3, -0.25) is 9.59 Å². The van der Waals surface area contributed by atoms with Gasteiger partial charge in [-0.05, 0) is 32.7 Å². The molecule has 4 nitrogen and oxygen atoms in total. The zero-order valence-electron chi connectivity index (χ0n) is 16.7. The third-order valence-corrected chi connectivity index (χ3v) is 1.62. The third kappa shape index (κ3) is 93.0. The predicted octanol–water partition coefficient (Wildman–Crippen LogP) is 4.53. The molecule has 0 bridgehead atoms. The SMILES string of the molecule is C.C.C1=CCC1.C1=CCC1.CC.CC.CC(=O)OC(C)=O.CN.[B].[B][B]. The quantitative estimate of drug-likeness (QED) is 0.296. The second-order valence-corrected chi connectivity index (χ2v) is 3.18. The van der Waals surface area contributed by atoms with E-state index in [-0.39, 0.29) is 23.3 Å². The molecular weight excluding hydrogens is 323 g/mol. The fourth-order valence-electron chi connectivity index (χ4n) is 0.536. The molecule has 2 aliphatic rings. The minimum absolute atomic E-state index is 0. The van der Waals surface area contributed by atoms with Crippen LogP contribution in [0, 0.1) is 0 Å². The van der Waals surface area contributed by atoms with Gasteiger partial charge in [0.2, 0.25) is 0 Å². The Kier molecular flexibility index (Phi) is 124. The molecule has 26 heavy (non-hydrogen) atoms. The molecule has 2 rings (SSSR count). The van der Waals surface area contributed by atoms with Crippen molar-refractivity contribution in [3.8, 4) is 0 Å². The molecule has 0 heterocycles. The smallest absolute Gasteiger partial charge is 0.310 e. The number of allylic oxidation sites excluding steroid dienone is 4. The fraction of sp³-hybridized carbons (Fsp3) is 0.684.